The summed E-state index contributed by atoms with van der Waals surface area (Å²) in [5, 5.41) is 4.87. The Balaban J connectivity index is 1.61. The Morgan fingerprint density at radius 3 is 0.750 bits per heavy atom. The molecule has 0 amide bonds. The number of fused-ring (bicyclic) bond motifs is 16. The van der Waals surface area contributed by atoms with Crippen LogP contribution in [0.4, 0.5) is 0 Å². The van der Waals surface area contributed by atoms with Crippen molar-refractivity contribution in [2.24, 2.45) is 0 Å². The molecule has 1 aliphatic carbocycles. The molecule has 0 saturated carbocycles. The van der Waals surface area contributed by atoms with Gasteiger partial charge in [-0.15, -0.1) is 0 Å². The molecular weight excluding hydrogens is 440 g/mol. The van der Waals surface area contributed by atoms with Gasteiger partial charge in [0.25, 0.3) is 0 Å². The van der Waals surface area contributed by atoms with Gasteiger partial charge in [0.15, 0.2) is 0 Å². The monoisotopic (exact) mass is 460 g/mol. The van der Waals surface area contributed by atoms with Gasteiger partial charge in [-0.05, 0) is 24.3 Å². The highest BCUT2D eigenvalue weighted by molar-refractivity contribution is 6.22. The molecule has 4 nitrogen and oxygen atoms in total. The van der Waals surface area contributed by atoms with Crippen molar-refractivity contribution in [3.8, 4) is 45.0 Å². The van der Waals surface area contributed by atoms with E-state index in [0.29, 0.717) is 0 Å². The van der Waals surface area contributed by atoms with Crippen molar-refractivity contribution in [3.63, 3.8) is 0 Å². The van der Waals surface area contributed by atoms with E-state index < -0.39 is 0 Å². The molecule has 8 aromatic rings. The lowest BCUT2D eigenvalue weighted by Gasteiger charge is -2.14. The molecule has 0 saturated heterocycles. The smallest absolute Gasteiger partial charge is 0.0588 e. The van der Waals surface area contributed by atoms with Crippen LogP contribution in [0.3, 0.4) is 0 Å². The number of aromatic nitrogens is 4. The molecule has 1 aliphatic rings. The maximum Gasteiger partial charge on any atom is 0.0588 e. The van der Waals surface area contributed by atoms with Crippen LogP contribution < -0.4 is 0 Å². The first-order valence-corrected chi connectivity index (χ1v) is 12.3. The molecule has 0 atom stereocenters. The first kappa shape index (κ1) is 18.4. The number of aromatic amines is 4. The number of rotatable bonds is 0. The average Bonchev–Trinajstić information content (AvgIpc) is 3.65. The summed E-state index contributed by atoms with van der Waals surface area (Å²) in [6.45, 7) is 0. The third kappa shape index (κ3) is 2.15. The molecule has 0 unspecified atom stereocenters. The van der Waals surface area contributed by atoms with Gasteiger partial charge >= 0.3 is 0 Å². The van der Waals surface area contributed by atoms with Crippen LogP contribution in [0.5, 0.6) is 0 Å². The van der Waals surface area contributed by atoms with Crippen LogP contribution in [-0.2, 0) is 0 Å². The Bertz CT molecular complexity index is 1820. The standard InChI is InChI=1S/C32H20N4/c1-5-13-21-17(9-1)25-29(33-21)26-19-11-3-7-15-23(19)35-31(26)28-20-12-4-8-16-24(20)36-32(28)27-18-10-2-6-14-22(18)34-30(25)27/h1-16,33-36H. The van der Waals surface area contributed by atoms with Crippen molar-refractivity contribution in [2.45, 2.75) is 0 Å². The maximum absolute atomic E-state index is 3.82. The second-order valence-corrected chi connectivity index (χ2v) is 9.68. The van der Waals surface area contributed by atoms with Crippen molar-refractivity contribution in [3.05, 3.63) is 97.1 Å². The average molecular weight is 461 g/mol. The van der Waals surface area contributed by atoms with Gasteiger partial charge in [0.2, 0.25) is 0 Å². The highest BCUT2D eigenvalue weighted by atomic mass is 14.8. The summed E-state index contributed by atoms with van der Waals surface area (Å²) >= 11 is 0. The van der Waals surface area contributed by atoms with E-state index in [9.17, 15) is 0 Å². The van der Waals surface area contributed by atoms with Crippen molar-refractivity contribution >= 4 is 43.6 Å². The van der Waals surface area contributed by atoms with E-state index in [1.807, 2.05) is 0 Å². The van der Waals surface area contributed by atoms with Gasteiger partial charge in [0.1, 0.15) is 0 Å². The summed E-state index contributed by atoms with van der Waals surface area (Å²) in [5.74, 6) is 0. The molecule has 36 heavy (non-hydrogen) atoms. The summed E-state index contributed by atoms with van der Waals surface area (Å²) in [6.07, 6.45) is 0. The van der Waals surface area contributed by atoms with E-state index in [1.54, 1.807) is 0 Å². The quantitative estimate of drug-likeness (QED) is 0.175. The zero-order valence-corrected chi connectivity index (χ0v) is 19.2. The fraction of sp³-hybridized carbons (Fsp3) is 0. The molecule has 9 rings (SSSR count). The molecular formula is C32H20N4. The number of benzene rings is 4. The Morgan fingerprint density at radius 1 is 0.278 bits per heavy atom. The summed E-state index contributed by atoms with van der Waals surface area (Å²) in [5.41, 5.74) is 14.0. The number of hydrogen-bond acceptors (Lipinski definition) is 0. The fourth-order valence-corrected chi connectivity index (χ4v) is 6.36. The molecule has 4 heteroatoms. The third-order valence-electron chi connectivity index (χ3n) is 7.82. The van der Waals surface area contributed by atoms with Crippen molar-refractivity contribution in [2.75, 3.05) is 0 Å². The topological polar surface area (TPSA) is 63.2 Å². The Kier molecular flexibility index (Phi) is 3.25. The third-order valence-corrected chi connectivity index (χ3v) is 7.82. The summed E-state index contributed by atoms with van der Waals surface area (Å²) in [4.78, 5) is 15.3. The molecule has 0 bridgehead atoms. The minimum absolute atomic E-state index is 1.14. The van der Waals surface area contributed by atoms with Gasteiger partial charge in [-0.3, -0.25) is 0 Å². The van der Waals surface area contributed by atoms with E-state index >= 15 is 0 Å². The van der Waals surface area contributed by atoms with Gasteiger partial charge in [-0.2, -0.15) is 0 Å². The summed E-state index contributed by atoms with van der Waals surface area (Å²) < 4.78 is 0. The van der Waals surface area contributed by atoms with Crippen LogP contribution in [-0.4, -0.2) is 19.9 Å². The largest absolute Gasteiger partial charge is 0.354 e. The highest BCUT2D eigenvalue weighted by Gasteiger charge is 2.32. The minimum atomic E-state index is 1.14. The van der Waals surface area contributed by atoms with Gasteiger partial charge in [-0.25, -0.2) is 0 Å². The highest BCUT2D eigenvalue weighted by Crippen LogP contribution is 2.54. The maximum atomic E-state index is 3.82. The van der Waals surface area contributed by atoms with Crippen LogP contribution in [0.1, 0.15) is 0 Å². The zero-order chi connectivity index (χ0) is 23.4. The normalized spacial score (nSPS) is 12.4. The molecule has 4 aromatic heterocycles. The minimum Gasteiger partial charge on any atom is -0.354 e. The predicted octanol–water partition coefficient (Wildman–Crippen LogP) is 8.59. The first-order chi connectivity index (χ1) is 17.9. The lowest BCUT2D eigenvalue weighted by molar-refractivity contribution is 1.38. The number of H-pyrrole nitrogens is 4. The van der Waals surface area contributed by atoms with E-state index in [2.05, 4.69) is 117 Å². The Hall–Kier alpha value is -4.96. The Morgan fingerprint density at radius 2 is 0.500 bits per heavy atom. The number of para-hydroxylation sites is 4. The van der Waals surface area contributed by atoms with Crippen LogP contribution >= 0.6 is 0 Å². The molecule has 4 heterocycles. The predicted molar refractivity (Wildman–Crippen MR) is 149 cm³/mol. The van der Waals surface area contributed by atoms with Crippen LogP contribution in [0, 0.1) is 0 Å². The molecule has 168 valence electrons. The van der Waals surface area contributed by atoms with Gasteiger partial charge in [0, 0.05) is 65.9 Å². The van der Waals surface area contributed by atoms with Gasteiger partial charge in [-0.1, -0.05) is 72.8 Å². The van der Waals surface area contributed by atoms with Crippen molar-refractivity contribution in [1.29, 1.82) is 0 Å². The molecule has 4 N–H and O–H groups in total. The van der Waals surface area contributed by atoms with E-state index in [-0.39, 0.29) is 0 Å². The van der Waals surface area contributed by atoms with Gasteiger partial charge < -0.3 is 19.9 Å². The number of hydrogen-bond donors (Lipinski definition) is 4. The SMILES string of the molecule is c1ccc2c3c([nH]c2c1)-c1c([nH]c2ccccc12)-c1c([nH]c2ccccc12)-c1c-3[nH]c2ccccc12. The molecule has 4 aromatic carbocycles. The van der Waals surface area contributed by atoms with Crippen molar-refractivity contribution < 1.29 is 0 Å². The van der Waals surface area contributed by atoms with Crippen LogP contribution in [0.25, 0.3) is 88.6 Å². The molecule has 0 aliphatic heterocycles. The molecule has 0 fully saturated rings. The summed E-state index contributed by atoms with van der Waals surface area (Å²) in [7, 11) is 0. The van der Waals surface area contributed by atoms with Crippen LogP contribution in [0.2, 0.25) is 0 Å². The lowest BCUT2D eigenvalue weighted by atomic mass is 9.89. The second kappa shape index (κ2) is 6.37. The summed E-state index contributed by atoms with van der Waals surface area (Å²) in [6, 6.07) is 34.5. The Labute approximate surface area is 205 Å². The van der Waals surface area contributed by atoms with Crippen molar-refractivity contribution in [1.82, 2.24) is 19.9 Å². The second-order valence-electron chi connectivity index (χ2n) is 9.68. The molecule has 0 spiro atoms. The van der Waals surface area contributed by atoms with Crippen LogP contribution in [0.15, 0.2) is 97.1 Å². The molecule has 0 radical (unpaired) electrons. The fourth-order valence-electron chi connectivity index (χ4n) is 6.36. The lowest BCUT2D eigenvalue weighted by Crippen LogP contribution is -1.93. The van der Waals surface area contributed by atoms with Gasteiger partial charge in [0.05, 0.1) is 22.8 Å². The van der Waals surface area contributed by atoms with E-state index in [0.717, 1.165) is 44.8 Å². The first-order valence-electron chi connectivity index (χ1n) is 12.3. The number of nitrogens with one attached hydrogen (secondary N) is 4. The zero-order valence-electron chi connectivity index (χ0n) is 19.2. The van der Waals surface area contributed by atoms with E-state index in [1.165, 1.54) is 43.8 Å². The van der Waals surface area contributed by atoms with E-state index in [4.69, 9.17) is 0 Å².